The van der Waals surface area contributed by atoms with Crippen LogP contribution in [0.3, 0.4) is 0 Å². The van der Waals surface area contributed by atoms with Crippen molar-refractivity contribution in [3.8, 4) is 0 Å². The molecule has 2 rings (SSSR count). The molecule has 0 saturated heterocycles. The molecule has 1 aliphatic heterocycles. The van der Waals surface area contributed by atoms with Crippen LogP contribution in [0.2, 0.25) is 5.02 Å². The lowest BCUT2D eigenvalue weighted by Crippen LogP contribution is -2.22. The van der Waals surface area contributed by atoms with Crippen LogP contribution in [0.25, 0.3) is 0 Å². The van der Waals surface area contributed by atoms with Crippen LogP contribution < -0.4 is 4.90 Å². The van der Waals surface area contributed by atoms with Crippen molar-refractivity contribution in [2.45, 2.75) is 12.8 Å². The summed E-state index contributed by atoms with van der Waals surface area (Å²) >= 11 is 12.0. The zero-order chi connectivity index (χ0) is 9.97. The molecule has 1 aliphatic rings. The van der Waals surface area contributed by atoms with Gasteiger partial charge in [-0.1, -0.05) is 23.2 Å². The van der Waals surface area contributed by atoms with E-state index < -0.39 is 0 Å². The van der Waals surface area contributed by atoms with Gasteiger partial charge >= 0.3 is 0 Å². The third kappa shape index (κ3) is 2.02. The molecule has 2 heterocycles. The van der Waals surface area contributed by atoms with Gasteiger partial charge in [0.05, 0.1) is 5.02 Å². The fourth-order valence-corrected chi connectivity index (χ4v) is 1.95. The summed E-state index contributed by atoms with van der Waals surface area (Å²) in [7, 11) is 0. The Morgan fingerprint density at radius 3 is 2.93 bits per heavy atom. The van der Waals surface area contributed by atoms with E-state index >= 15 is 0 Å². The van der Waals surface area contributed by atoms with Crippen LogP contribution in [-0.2, 0) is 0 Å². The lowest BCUT2D eigenvalue weighted by Gasteiger charge is -2.24. The van der Waals surface area contributed by atoms with Gasteiger partial charge in [-0.3, -0.25) is 0 Å². The van der Waals surface area contributed by atoms with Crippen molar-refractivity contribution in [3.05, 3.63) is 34.6 Å². The van der Waals surface area contributed by atoms with E-state index in [-0.39, 0.29) is 0 Å². The van der Waals surface area contributed by atoms with Crippen LogP contribution in [0, 0.1) is 0 Å². The summed E-state index contributed by atoms with van der Waals surface area (Å²) < 4.78 is 0. The molecule has 0 bridgehead atoms. The standard InChI is InChI=1S/C10H10Cl2N2/c11-8-3-2-6-14(7-8)10-9(12)4-1-5-13-10/h1,4-5,7H,2-3,6H2. The van der Waals surface area contributed by atoms with Crippen molar-refractivity contribution in [3.63, 3.8) is 0 Å². The first kappa shape index (κ1) is 9.81. The topological polar surface area (TPSA) is 16.1 Å². The van der Waals surface area contributed by atoms with E-state index in [0.717, 1.165) is 30.2 Å². The maximum Gasteiger partial charge on any atom is 0.151 e. The predicted molar refractivity (Wildman–Crippen MR) is 59.8 cm³/mol. The highest BCUT2D eigenvalue weighted by atomic mass is 35.5. The number of nitrogens with zero attached hydrogens (tertiary/aromatic N) is 2. The van der Waals surface area contributed by atoms with E-state index in [4.69, 9.17) is 23.2 Å². The van der Waals surface area contributed by atoms with Gasteiger partial charge < -0.3 is 4.90 Å². The summed E-state index contributed by atoms with van der Waals surface area (Å²) in [5.74, 6) is 0.784. The summed E-state index contributed by atoms with van der Waals surface area (Å²) in [4.78, 5) is 6.22. The van der Waals surface area contributed by atoms with Crippen LogP contribution in [0.15, 0.2) is 29.6 Å². The van der Waals surface area contributed by atoms with Crippen molar-refractivity contribution in [2.24, 2.45) is 0 Å². The summed E-state index contributed by atoms with van der Waals surface area (Å²) in [6, 6.07) is 3.65. The largest absolute Gasteiger partial charge is 0.331 e. The van der Waals surface area contributed by atoms with Gasteiger partial charge in [0.15, 0.2) is 5.82 Å². The van der Waals surface area contributed by atoms with Crippen LogP contribution in [0.5, 0.6) is 0 Å². The van der Waals surface area contributed by atoms with Crippen molar-refractivity contribution < 1.29 is 0 Å². The molecule has 1 aromatic heterocycles. The lowest BCUT2D eigenvalue weighted by atomic mass is 10.2. The molecular weight excluding hydrogens is 219 g/mol. The quantitative estimate of drug-likeness (QED) is 0.733. The van der Waals surface area contributed by atoms with Gasteiger partial charge in [0, 0.05) is 24.0 Å². The van der Waals surface area contributed by atoms with Crippen molar-refractivity contribution >= 4 is 29.0 Å². The zero-order valence-electron chi connectivity index (χ0n) is 7.58. The van der Waals surface area contributed by atoms with Gasteiger partial charge in [0.2, 0.25) is 0 Å². The molecule has 0 radical (unpaired) electrons. The number of rotatable bonds is 1. The minimum absolute atomic E-state index is 0.662. The molecule has 0 N–H and O–H groups in total. The first-order valence-electron chi connectivity index (χ1n) is 4.51. The Morgan fingerprint density at radius 1 is 1.36 bits per heavy atom. The van der Waals surface area contributed by atoms with Gasteiger partial charge in [-0.05, 0) is 25.0 Å². The minimum atomic E-state index is 0.662. The second-order valence-electron chi connectivity index (χ2n) is 3.18. The summed E-state index contributed by atoms with van der Waals surface area (Å²) in [5.41, 5.74) is 0. The molecule has 1 aromatic rings. The first-order valence-corrected chi connectivity index (χ1v) is 5.26. The van der Waals surface area contributed by atoms with Crippen molar-refractivity contribution in [2.75, 3.05) is 11.4 Å². The Labute approximate surface area is 93.1 Å². The first-order chi connectivity index (χ1) is 6.77. The van der Waals surface area contributed by atoms with Gasteiger partial charge in [-0.25, -0.2) is 4.98 Å². The normalized spacial score (nSPS) is 16.7. The highest BCUT2D eigenvalue weighted by molar-refractivity contribution is 6.33. The number of pyridine rings is 1. The predicted octanol–water partition coefficient (Wildman–Crippen LogP) is 3.42. The summed E-state index contributed by atoms with van der Waals surface area (Å²) in [6.07, 6.45) is 5.63. The zero-order valence-corrected chi connectivity index (χ0v) is 9.09. The minimum Gasteiger partial charge on any atom is -0.331 e. The fraction of sp³-hybridized carbons (Fsp3) is 0.300. The Bertz CT molecular complexity index is 363. The SMILES string of the molecule is ClC1=CN(c2ncccc2Cl)CCC1. The molecule has 0 spiro atoms. The monoisotopic (exact) mass is 228 g/mol. The lowest BCUT2D eigenvalue weighted by molar-refractivity contribution is 0.769. The van der Waals surface area contributed by atoms with E-state index in [9.17, 15) is 0 Å². The van der Waals surface area contributed by atoms with E-state index in [1.54, 1.807) is 6.20 Å². The molecular formula is C10H10Cl2N2. The van der Waals surface area contributed by atoms with Crippen molar-refractivity contribution in [1.29, 1.82) is 0 Å². The average molecular weight is 229 g/mol. The fourth-order valence-electron chi connectivity index (χ4n) is 1.47. The van der Waals surface area contributed by atoms with E-state index in [1.807, 2.05) is 23.2 Å². The van der Waals surface area contributed by atoms with Crippen molar-refractivity contribution in [1.82, 2.24) is 4.98 Å². The van der Waals surface area contributed by atoms with Gasteiger partial charge in [0.25, 0.3) is 0 Å². The third-order valence-electron chi connectivity index (χ3n) is 2.12. The Kier molecular flexibility index (Phi) is 2.94. The average Bonchev–Trinajstić information content (AvgIpc) is 2.18. The maximum atomic E-state index is 6.03. The van der Waals surface area contributed by atoms with Crippen LogP contribution >= 0.6 is 23.2 Å². The molecule has 0 atom stereocenters. The van der Waals surface area contributed by atoms with Crippen LogP contribution in [0.4, 0.5) is 5.82 Å². The highest BCUT2D eigenvalue weighted by Gasteiger charge is 2.13. The molecule has 2 nitrogen and oxygen atoms in total. The number of halogens is 2. The molecule has 0 fully saturated rings. The molecule has 14 heavy (non-hydrogen) atoms. The highest BCUT2D eigenvalue weighted by Crippen LogP contribution is 2.27. The number of anilines is 1. The number of aromatic nitrogens is 1. The Balaban J connectivity index is 2.31. The van der Waals surface area contributed by atoms with Crippen LogP contribution in [0.1, 0.15) is 12.8 Å². The molecule has 0 saturated carbocycles. The van der Waals surface area contributed by atoms with Crippen LogP contribution in [-0.4, -0.2) is 11.5 Å². The van der Waals surface area contributed by atoms with Gasteiger partial charge in [0.1, 0.15) is 0 Å². The second-order valence-corrected chi connectivity index (χ2v) is 4.07. The molecule has 0 aromatic carbocycles. The number of hydrogen-bond donors (Lipinski definition) is 0. The van der Waals surface area contributed by atoms with Gasteiger partial charge in [-0.2, -0.15) is 0 Å². The molecule has 0 amide bonds. The number of hydrogen-bond acceptors (Lipinski definition) is 2. The molecule has 4 heteroatoms. The smallest absolute Gasteiger partial charge is 0.151 e. The second kappa shape index (κ2) is 4.20. The van der Waals surface area contributed by atoms with E-state index in [1.165, 1.54) is 0 Å². The van der Waals surface area contributed by atoms with Gasteiger partial charge in [-0.15, -0.1) is 0 Å². The third-order valence-corrected chi connectivity index (χ3v) is 2.70. The molecule has 0 unspecified atom stereocenters. The maximum absolute atomic E-state index is 6.03. The summed E-state index contributed by atoms with van der Waals surface area (Å²) in [5, 5.41) is 1.52. The number of allylic oxidation sites excluding steroid dienone is 1. The molecule has 0 aliphatic carbocycles. The van der Waals surface area contributed by atoms with E-state index in [2.05, 4.69) is 4.98 Å². The van der Waals surface area contributed by atoms with E-state index in [0.29, 0.717) is 5.02 Å². The summed E-state index contributed by atoms with van der Waals surface area (Å²) in [6.45, 7) is 0.924. The Hall–Kier alpha value is -0.730. The Morgan fingerprint density at radius 2 is 2.21 bits per heavy atom. The molecule has 74 valence electrons.